The first-order chi connectivity index (χ1) is 37.0. The van der Waals surface area contributed by atoms with Crippen molar-refractivity contribution in [3.05, 3.63) is 106 Å². The molecule has 0 aromatic heterocycles. The summed E-state index contributed by atoms with van der Waals surface area (Å²) in [4.78, 5) is 116. The van der Waals surface area contributed by atoms with Gasteiger partial charge >= 0.3 is 0 Å². The van der Waals surface area contributed by atoms with E-state index in [2.05, 4.69) is 54.7 Å². The summed E-state index contributed by atoms with van der Waals surface area (Å²) in [6.07, 6.45) is 7.37. The Balaban J connectivity index is 1.07. The van der Waals surface area contributed by atoms with Gasteiger partial charge in [-0.25, -0.2) is 0 Å². The summed E-state index contributed by atoms with van der Waals surface area (Å²) in [6.45, 7) is 14.6. The average molecular weight is 1070 g/mol. The number of aryl methyl sites for hydroxylation is 2. The Morgan fingerprint density at radius 2 is 0.859 bits per heavy atom. The van der Waals surface area contributed by atoms with Gasteiger partial charge in [-0.05, 0) is 137 Å². The number of likely N-dealkylation sites (tertiary alicyclic amines) is 2. The third kappa shape index (κ3) is 14.1. The van der Waals surface area contributed by atoms with Gasteiger partial charge in [-0.3, -0.25) is 38.4 Å². The number of nitrogens with zero attached hydrogens (tertiary/aromatic N) is 2. The molecule has 0 saturated carbocycles. The van der Waals surface area contributed by atoms with E-state index in [1.807, 2.05) is 77.9 Å². The van der Waals surface area contributed by atoms with Crippen molar-refractivity contribution in [2.24, 2.45) is 10.8 Å². The monoisotopic (exact) mass is 1070 g/mol. The molecule has 0 spiro atoms. The average Bonchev–Trinajstić information content (AvgIpc) is 3.98. The zero-order valence-electron chi connectivity index (χ0n) is 47.3. The zero-order valence-corrected chi connectivity index (χ0v) is 47.3. The number of fused-ring (bicyclic) bond motifs is 2. The molecule has 4 aliphatic rings. The van der Waals surface area contributed by atoms with Crippen LogP contribution in [-0.2, 0) is 41.6 Å². The van der Waals surface area contributed by atoms with Gasteiger partial charge in [-0.2, -0.15) is 0 Å². The Labute approximate surface area is 460 Å². The van der Waals surface area contributed by atoms with E-state index < -0.39 is 82.8 Å². The second kappa shape index (κ2) is 25.4. The second-order valence-corrected chi connectivity index (χ2v) is 24.0. The van der Waals surface area contributed by atoms with Gasteiger partial charge in [-0.1, -0.05) is 103 Å². The van der Waals surface area contributed by atoms with Crippen LogP contribution in [0.15, 0.2) is 72.8 Å². The molecular weight excluding hydrogens is 989 g/mol. The molecule has 8 N–H and O–H groups in total. The molecule has 0 bridgehead atoms. The Morgan fingerprint density at radius 3 is 1.21 bits per heavy atom. The van der Waals surface area contributed by atoms with Crippen molar-refractivity contribution in [1.29, 1.82) is 0 Å². The van der Waals surface area contributed by atoms with E-state index in [1.54, 1.807) is 27.9 Å². The Kier molecular flexibility index (Phi) is 19.2. The van der Waals surface area contributed by atoms with Crippen molar-refractivity contribution in [3.8, 4) is 0 Å². The van der Waals surface area contributed by atoms with Crippen LogP contribution in [0.2, 0.25) is 0 Å². The normalized spacial score (nSPS) is 22.9. The van der Waals surface area contributed by atoms with Gasteiger partial charge in [0.1, 0.15) is 24.2 Å². The molecule has 8 amide bonds. The molecule has 18 nitrogen and oxygen atoms in total. The van der Waals surface area contributed by atoms with E-state index in [-0.39, 0.29) is 72.8 Å². The van der Waals surface area contributed by atoms with Gasteiger partial charge < -0.3 is 52.3 Å². The third-order valence-electron chi connectivity index (χ3n) is 16.2. The number of nitrogens with one attached hydrogen (secondary N) is 8. The highest BCUT2D eigenvalue weighted by atomic mass is 16.2. The van der Waals surface area contributed by atoms with Crippen LogP contribution >= 0.6 is 0 Å². The second-order valence-electron chi connectivity index (χ2n) is 24.0. The molecule has 2 aliphatic carbocycles. The number of hydrogen-bond acceptors (Lipinski definition) is 10. The number of rotatable bonds is 16. The molecule has 422 valence electrons. The standard InChI is InChI=1S/C60H84N10O8/c1-35(61-9)51(71)67-49(59(3,4)5)57(77)69-33-41(31-47(69)55(75)65-45-25-17-13-21-37-19-11-15-23-43(37)45)63-53(73)39-27-29-40(30-28-39)54(74)64-42-32-48(56(76)66-46-26-18-14-22-38-20-12-16-24-44(38)46)70(34-42)58(78)50(60(6,7)8)68-52(72)36(2)62-10/h11-12,15-16,19-20,23-24,27-30,35-36,41-42,45-50,61-62H,13-14,17-18,21-22,25-26,31-34H2,1-10H3,(H,63,73)(H,64,74)(H,65,75)(H,66,76)(H,67,71)(H,68,72)/t35-,36-,41-,42-,45+,46+,47-,48-,49+,50+/m0/s1. The summed E-state index contributed by atoms with van der Waals surface area (Å²) in [5, 5.41) is 24.3. The zero-order chi connectivity index (χ0) is 56.6. The summed E-state index contributed by atoms with van der Waals surface area (Å²) in [7, 11) is 3.32. The molecule has 0 unspecified atom stereocenters. The fourth-order valence-electron chi connectivity index (χ4n) is 11.3. The maximum atomic E-state index is 14.7. The van der Waals surface area contributed by atoms with Crippen LogP contribution in [-0.4, -0.2) is 133 Å². The molecule has 7 rings (SSSR count). The largest absolute Gasteiger partial charge is 0.347 e. The first-order valence-electron chi connectivity index (χ1n) is 28.0. The fraction of sp³-hybridized carbons (Fsp3) is 0.567. The van der Waals surface area contributed by atoms with Crippen molar-refractivity contribution in [2.45, 2.75) is 180 Å². The minimum absolute atomic E-state index is 0.0141. The highest BCUT2D eigenvalue weighted by Gasteiger charge is 2.48. The van der Waals surface area contributed by atoms with Gasteiger partial charge in [0, 0.05) is 36.3 Å². The summed E-state index contributed by atoms with van der Waals surface area (Å²) in [5.41, 5.74) is 3.48. The molecule has 0 radical (unpaired) electrons. The minimum Gasteiger partial charge on any atom is -0.347 e. The molecule has 2 fully saturated rings. The van der Waals surface area contributed by atoms with Crippen LogP contribution in [0.5, 0.6) is 0 Å². The number of carbonyl (C=O) groups is 8. The van der Waals surface area contributed by atoms with Crippen LogP contribution in [0.25, 0.3) is 0 Å². The van der Waals surface area contributed by atoms with E-state index >= 15 is 0 Å². The number of amides is 8. The molecule has 3 aromatic carbocycles. The quantitative estimate of drug-likeness (QED) is 0.0933. The summed E-state index contributed by atoms with van der Waals surface area (Å²) in [6, 6.07) is 15.5. The Hall–Kier alpha value is -6.66. The predicted molar refractivity (Wildman–Crippen MR) is 299 cm³/mol. The van der Waals surface area contributed by atoms with Crippen molar-refractivity contribution in [3.63, 3.8) is 0 Å². The Bertz CT molecular complexity index is 2500. The van der Waals surface area contributed by atoms with Crippen molar-refractivity contribution >= 4 is 47.3 Å². The first-order valence-corrected chi connectivity index (χ1v) is 28.0. The minimum atomic E-state index is -0.983. The SMILES string of the molecule is CN[C@@H](C)C(=O)N[C@H](C(=O)N1C[C@@H](NC(=O)c2ccc(C(=O)N[C@H]3C[C@@H](C(=O)N[C@@H]4CCCCc5ccccc54)N(C(=O)[C@@H](NC(=O)[C@H](C)NC)C(C)(C)C)C3)cc2)C[C@H]1C(=O)N[C@@H]1CCCCc2ccccc21)C(C)(C)C. The summed E-state index contributed by atoms with van der Waals surface area (Å²) >= 11 is 0. The van der Waals surface area contributed by atoms with E-state index in [0.717, 1.165) is 62.5 Å². The lowest BCUT2D eigenvalue weighted by Crippen LogP contribution is -2.59. The van der Waals surface area contributed by atoms with Crippen LogP contribution < -0.4 is 42.5 Å². The van der Waals surface area contributed by atoms with Gasteiger partial charge in [0.2, 0.25) is 35.4 Å². The lowest BCUT2D eigenvalue weighted by Gasteiger charge is -2.36. The number of carbonyl (C=O) groups excluding carboxylic acids is 8. The summed E-state index contributed by atoms with van der Waals surface area (Å²) in [5.74, 6) is -3.21. The van der Waals surface area contributed by atoms with E-state index in [9.17, 15) is 38.4 Å². The topological polar surface area (TPSA) is 239 Å². The summed E-state index contributed by atoms with van der Waals surface area (Å²) < 4.78 is 0. The molecule has 2 heterocycles. The number of benzene rings is 3. The third-order valence-corrected chi connectivity index (χ3v) is 16.2. The number of hydrogen-bond donors (Lipinski definition) is 8. The van der Waals surface area contributed by atoms with Crippen molar-refractivity contribution in [2.75, 3.05) is 27.2 Å². The number of likely N-dealkylation sites (N-methyl/N-ethyl adjacent to an activating group) is 2. The lowest BCUT2D eigenvalue weighted by molar-refractivity contribution is -0.144. The van der Waals surface area contributed by atoms with Crippen LogP contribution in [0.3, 0.4) is 0 Å². The smallest absolute Gasteiger partial charge is 0.251 e. The maximum absolute atomic E-state index is 14.7. The van der Waals surface area contributed by atoms with E-state index in [0.29, 0.717) is 0 Å². The van der Waals surface area contributed by atoms with E-state index in [4.69, 9.17) is 0 Å². The first kappa shape index (κ1) is 59.0. The van der Waals surface area contributed by atoms with Gasteiger partial charge in [-0.15, -0.1) is 0 Å². The van der Waals surface area contributed by atoms with Gasteiger partial charge in [0.15, 0.2) is 0 Å². The molecule has 2 aliphatic heterocycles. The van der Waals surface area contributed by atoms with Crippen LogP contribution in [0.1, 0.15) is 162 Å². The van der Waals surface area contributed by atoms with Gasteiger partial charge in [0.25, 0.3) is 11.8 Å². The fourth-order valence-corrected chi connectivity index (χ4v) is 11.3. The molecule has 78 heavy (non-hydrogen) atoms. The highest BCUT2D eigenvalue weighted by Crippen LogP contribution is 2.33. The molecule has 3 aromatic rings. The predicted octanol–water partition coefficient (Wildman–Crippen LogP) is 4.53. The highest BCUT2D eigenvalue weighted by molar-refractivity contribution is 5.99. The van der Waals surface area contributed by atoms with Crippen LogP contribution in [0.4, 0.5) is 0 Å². The molecule has 18 heteroatoms. The lowest BCUT2D eigenvalue weighted by atomic mass is 9.85. The maximum Gasteiger partial charge on any atom is 0.251 e. The molecule has 10 atom stereocenters. The molecule has 2 saturated heterocycles. The Morgan fingerprint density at radius 1 is 0.500 bits per heavy atom. The van der Waals surface area contributed by atoms with Gasteiger partial charge in [0.05, 0.1) is 24.2 Å². The van der Waals surface area contributed by atoms with Crippen LogP contribution in [0, 0.1) is 10.8 Å². The van der Waals surface area contributed by atoms with Crippen molar-refractivity contribution in [1.82, 2.24) is 52.3 Å². The van der Waals surface area contributed by atoms with E-state index in [1.165, 1.54) is 45.2 Å². The van der Waals surface area contributed by atoms with Crippen molar-refractivity contribution < 1.29 is 38.4 Å². The molecular formula is C60H84N10O8.